The van der Waals surface area contributed by atoms with Gasteiger partial charge in [-0.1, -0.05) is 30.3 Å². The summed E-state index contributed by atoms with van der Waals surface area (Å²) in [4.78, 5) is 4.12. The predicted molar refractivity (Wildman–Crippen MR) is 86.7 cm³/mol. The van der Waals surface area contributed by atoms with E-state index in [1.165, 1.54) is 0 Å². The Morgan fingerprint density at radius 1 is 1.19 bits per heavy atom. The zero-order valence-corrected chi connectivity index (χ0v) is 13.8. The highest BCUT2D eigenvalue weighted by Gasteiger charge is 2.22. The Balaban J connectivity index is 2.48. The Labute approximate surface area is 127 Å². The first-order valence-electron chi connectivity index (χ1n) is 6.69. The Kier molecular flexibility index (Phi) is 6.17. The monoisotopic (exact) mass is 312 g/mol. The van der Waals surface area contributed by atoms with Gasteiger partial charge in [0.05, 0.1) is 6.26 Å². The van der Waals surface area contributed by atoms with Crippen molar-refractivity contribution in [1.29, 1.82) is 0 Å². The predicted octanol–water partition coefficient (Wildman–Crippen LogP) is 0.679. The lowest BCUT2D eigenvalue weighted by atomic mass is 10.1. The first-order valence-corrected chi connectivity index (χ1v) is 8.58. The van der Waals surface area contributed by atoms with Crippen LogP contribution in [0.1, 0.15) is 19.4 Å². The third-order valence-electron chi connectivity index (χ3n) is 2.69. The molecule has 118 valence electrons. The molecule has 0 saturated heterocycles. The molecular weight excluding hydrogens is 288 g/mol. The lowest BCUT2D eigenvalue weighted by Gasteiger charge is -2.26. The molecule has 0 heterocycles. The van der Waals surface area contributed by atoms with Gasteiger partial charge >= 0.3 is 0 Å². The first kappa shape index (κ1) is 17.5. The number of hydrogen-bond acceptors (Lipinski definition) is 3. The summed E-state index contributed by atoms with van der Waals surface area (Å²) in [6.07, 6.45) is 1.15. The molecule has 0 saturated carbocycles. The van der Waals surface area contributed by atoms with E-state index in [2.05, 4.69) is 20.3 Å². The third-order valence-corrected chi connectivity index (χ3v) is 3.61. The van der Waals surface area contributed by atoms with Crippen LogP contribution in [-0.4, -0.2) is 39.8 Å². The summed E-state index contributed by atoms with van der Waals surface area (Å²) >= 11 is 0. The van der Waals surface area contributed by atoms with E-state index < -0.39 is 15.6 Å². The molecule has 0 amide bonds. The van der Waals surface area contributed by atoms with Crippen LogP contribution in [0.2, 0.25) is 0 Å². The number of nitrogens with one attached hydrogen (secondary N) is 3. The van der Waals surface area contributed by atoms with Gasteiger partial charge in [0.25, 0.3) is 0 Å². The van der Waals surface area contributed by atoms with Crippen molar-refractivity contribution in [3.8, 4) is 0 Å². The topological polar surface area (TPSA) is 82.6 Å². The number of benzene rings is 1. The molecule has 0 aromatic heterocycles. The van der Waals surface area contributed by atoms with Gasteiger partial charge in [0.15, 0.2) is 5.96 Å². The SMILES string of the molecule is CN=C(NCc1ccccc1)NCC(C)(C)NS(C)(=O)=O. The van der Waals surface area contributed by atoms with Crippen LogP contribution < -0.4 is 15.4 Å². The van der Waals surface area contributed by atoms with Crippen LogP contribution in [-0.2, 0) is 16.6 Å². The molecule has 0 aliphatic carbocycles. The molecular formula is C14H24N4O2S. The van der Waals surface area contributed by atoms with Crippen molar-refractivity contribution in [3.63, 3.8) is 0 Å². The van der Waals surface area contributed by atoms with Gasteiger partial charge in [0.1, 0.15) is 0 Å². The van der Waals surface area contributed by atoms with Crippen molar-refractivity contribution >= 4 is 16.0 Å². The molecule has 6 nitrogen and oxygen atoms in total. The molecule has 7 heteroatoms. The summed E-state index contributed by atoms with van der Waals surface area (Å²) in [6.45, 7) is 4.70. The zero-order chi connectivity index (χ0) is 15.9. The molecule has 1 rings (SSSR count). The quantitative estimate of drug-likeness (QED) is 0.533. The van der Waals surface area contributed by atoms with Crippen LogP contribution in [0.3, 0.4) is 0 Å². The minimum absolute atomic E-state index is 0.425. The highest BCUT2D eigenvalue weighted by molar-refractivity contribution is 7.88. The van der Waals surface area contributed by atoms with E-state index in [1.54, 1.807) is 7.05 Å². The molecule has 1 aromatic rings. The van der Waals surface area contributed by atoms with E-state index in [9.17, 15) is 8.42 Å². The highest BCUT2D eigenvalue weighted by atomic mass is 32.2. The number of nitrogens with zero attached hydrogens (tertiary/aromatic N) is 1. The third kappa shape index (κ3) is 7.67. The standard InChI is InChI=1S/C14H24N4O2S/c1-14(2,18-21(4,19)20)11-17-13(15-3)16-10-12-8-6-5-7-9-12/h5-9,18H,10-11H2,1-4H3,(H2,15,16,17). The van der Waals surface area contributed by atoms with Crippen molar-refractivity contribution in [2.45, 2.75) is 25.9 Å². The largest absolute Gasteiger partial charge is 0.355 e. The molecule has 3 N–H and O–H groups in total. The number of aliphatic imine (C=N–C) groups is 1. The van der Waals surface area contributed by atoms with Crippen LogP contribution in [0.25, 0.3) is 0 Å². The molecule has 0 bridgehead atoms. The molecule has 0 fully saturated rings. The number of guanidine groups is 1. The molecule has 0 unspecified atom stereocenters. The maximum Gasteiger partial charge on any atom is 0.209 e. The lowest BCUT2D eigenvalue weighted by molar-refractivity contribution is 0.446. The number of rotatable bonds is 6. The molecule has 0 spiro atoms. The van der Waals surface area contributed by atoms with Crippen LogP contribution in [0.5, 0.6) is 0 Å². The summed E-state index contributed by atoms with van der Waals surface area (Å²) in [5, 5.41) is 6.30. The van der Waals surface area contributed by atoms with Gasteiger partial charge < -0.3 is 10.6 Å². The molecule has 0 aliphatic heterocycles. The molecule has 0 atom stereocenters. The highest BCUT2D eigenvalue weighted by Crippen LogP contribution is 2.02. The van der Waals surface area contributed by atoms with Gasteiger partial charge in [-0.25, -0.2) is 13.1 Å². The number of hydrogen-bond donors (Lipinski definition) is 3. The van der Waals surface area contributed by atoms with E-state index in [-0.39, 0.29) is 0 Å². The van der Waals surface area contributed by atoms with E-state index in [4.69, 9.17) is 0 Å². The fourth-order valence-electron chi connectivity index (χ4n) is 1.84. The summed E-state index contributed by atoms with van der Waals surface area (Å²) in [7, 11) is -1.56. The molecule has 1 aromatic carbocycles. The van der Waals surface area contributed by atoms with Gasteiger partial charge in [-0.2, -0.15) is 0 Å². The molecule has 0 aliphatic rings. The summed E-state index contributed by atoms with van der Waals surface area (Å²) in [6, 6.07) is 9.97. The Morgan fingerprint density at radius 2 is 1.81 bits per heavy atom. The zero-order valence-electron chi connectivity index (χ0n) is 13.0. The summed E-state index contributed by atoms with van der Waals surface area (Å²) < 4.78 is 25.1. The van der Waals surface area contributed by atoms with Crippen molar-refractivity contribution < 1.29 is 8.42 Å². The second-order valence-electron chi connectivity index (χ2n) is 5.52. The van der Waals surface area contributed by atoms with Crippen LogP contribution in [0.15, 0.2) is 35.3 Å². The van der Waals surface area contributed by atoms with Gasteiger partial charge in [-0.15, -0.1) is 0 Å². The van der Waals surface area contributed by atoms with Crippen molar-refractivity contribution in [2.24, 2.45) is 4.99 Å². The Bertz CT molecular complexity index is 568. The van der Waals surface area contributed by atoms with E-state index in [0.29, 0.717) is 19.0 Å². The van der Waals surface area contributed by atoms with E-state index in [1.807, 2.05) is 44.2 Å². The summed E-state index contributed by atoms with van der Waals surface area (Å²) in [5.41, 5.74) is 0.548. The van der Waals surface area contributed by atoms with Crippen molar-refractivity contribution in [3.05, 3.63) is 35.9 Å². The lowest BCUT2D eigenvalue weighted by Crippen LogP contribution is -2.52. The van der Waals surface area contributed by atoms with Crippen molar-refractivity contribution in [2.75, 3.05) is 19.8 Å². The number of sulfonamides is 1. The summed E-state index contributed by atoms with van der Waals surface area (Å²) in [5.74, 6) is 0.627. The fraction of sp³-hybridized carbons (Fsp3) is 0.500. The van der Waals surface area contributed by atoms with Crippen LogP contribution >= 0.6 is 0 Å². The molecule has 21 heavy (non-hydrogen) atoms. The normalized spacial score (nSPS) is 13.0. The minimum Gasteiger partial charge on any atom is -0.355 e. The van der Waals surface area contributed by atoms with Gasteiger partial charge in [-0.05, 0) is 19.4 Å². The first-order chi connectivity index (χ1) is 9.72. The van der Waals surface area contributed by atoms with E-state index in [0.717, 1.165) is 11.8 Å². The van der Waals surface area contributed by atoms with E-state index >= 15 is 0 Å². The Morgan fingerprint density at radius 3 is 2.33 bits per heavy atom. The van der Waals surface area contributed by atoms with Crippen LogP contribution in [0.4, 0.5) is 0 Å². The van der Waals surface area contributed by atoms with Crippen molar-refractivity contribution in [1.82, 2.24) is 15.4 Å². The maximum absolute atomic E-state index is 11.3. The molecule has 0 radical (unpaired) electrons. The fourth-order valence-corrected chi connectivity index (χ4v) is 2.92. The maximum atomic E-state index is 11.3. The van der Waals surface area contributed by atoms with Gasteiger partial charge in [0.2, 0.25) is 10.0 Å². The van der Waals surface area contributed by atoms with Crippen LogP contribution in [0, 0.1) is 0 Å². The second-order valence-corrected chi connectivity index (χ2v) is 7.27. The Hall–Kier alpha value is -1.60. The minimum atomic E-state index is -3.24. The van der Waals surface area contributed by atoms with Gasteiger partial charge in [0, 0.05) is 25.7 Å². The van der Waals surface area contributed by atoms with Gasteiger partial charge in [-0.3, -0.25) is 4.99 Å². The average Bonchev–Trinajstić information content (AvgIpc) is 2.37. The average molecular weight is 312 g/mol. The second kappa shape index (κ2) is 7.42. The smallest absolute Gasteiger partial charge is 0.209 e.